The number of halogens is 2. The van der Waals surface area contributed by atoms with Crippen LogP contribution in [0.3, 0.4) is 0 Å². The molecule has 12 heteroatoms. The van der Waals surface area contributed by atoms with E-state index in [4.69, 9.17) is 19.6 Å². The Morgan fingerprint density at radius 2 is 1.77 bits per heavy atom. The summed E-state index contributed by atoms with van der Waals surface area (Å²) >= 11 is 0. The van der Waals surface area contributed by atoms with E-state index < -0.39 is 23.0 Å². The lowest BCUT2D eigenvalue weighted by Crippen LogP contribution is -2.46. The molecular weight excluding hydrogens is 558 g/mol. The average Bonchev–Trinajstić information content (AvgIpc) is 3.78. The average molecular weight is 593 g/mol. The molecule has 0 radical (unpaired) electrons. The molecule has 226 valence electrons. The first-order valence-corrected chi connectivity index (χ1v) is 14.3. The third-order valence-electron chi connectivity index (χ3n) is 7.99. The maximum atomic E-state index is 15.2. The summed E-state index contributed by atoms with van der Waals surface area (Å²) in [7, 11) is 2.44. The second-order valence-corrected chi connectivity index (χ2v) is 10.7. The van der Waals surface area contributed by atoms with Gasteiger partial charge in [0.25, 0.3) is 0 Å². The second-order valence-electron chi connectivity index (χ2n) is 10.7. The molecule has 4 N–H and O–H groups in total. The van der Waals surface area contributed by atoms with E-state index in [0.717, 1.165) is 57.3 Å². The van der Waals surface area contributed by atoms with E-state index in [1.807, 2.05) is 18.2 Å². The van der Waals surface area contributed by atoms with Gasteiger partial charge in [-0.15, -0.1) is 0 Å². The van der Waals surface area contributed by atoms with E-state index in [1.165, 1.54) is 20.4 Å². The molecule has 1 aliphatic heterocycles. The highest BCUT2D eigenvalue weighted by Crippen LogP contribution is 2.40. The Bertz CT molecular complexity index is 1650. The minimum Gasteiger partial charge on any atom is -0.494 e. The number of ketones is 1. The molecule has 3 heterocycles. The van der Waals surface area contributed by atoms with Crippen LogP contribution in [0.2, 0.25) is 0 Å². The molecule has 6 rings (SSSR count). The van der Waals surface area contributed by atoms with E-state index in [0.29, 0.717) is 28.3 Å². The van der Waals surface area contributed by atoms with Gasteiger partial charge in [-0.2, -0.15) is 0 Å². The zero-order valence-corrected chi connectivity index (χ0v) is 24.3. The van der Waals surface area contributed by atoms with Gasteiger partial charge in [-0.25, -0.2) is 13.8 Å². The number of hydrogen-bond acceptors (Lipinski definition) is 10. The summed E-state index contributed by atoms with van der Waals surface area (Å²) in [6, 6.07) is 8.76. The van der Waals surface area contributed by atoms with Crippen molar-refractivity contribution in [1.82, 2.24) is 9.88 Å². The SMILES string of the molecule is CCN1CCN(c2ccc(Nc3cc4c(NC5CC5)c(C(=O)c5c(F)c(OC)cc(OC)c5F)oc4cn3)c(N)c2)CC1. The Kier molecular flexibility index (Phi) is 7.70. The molecule has 1 saturated carbocycles. The maximum absolute atomic E-state index is 15.2. The molecule has 0 bridgehead atoms. The van der Waals surface area contributed by atoms with E-state index in [1.54, 1.807) is 6.07 Å². The van der Waals surface area contributed by atoms with Crippen LogP contribution in [0.15, 0.2) is 40.9 Å². The van der Waals surface area contributed by atoms with Gasteiger partial charge in [0.15, 0.2) is 34.5 Å². The summed E-state index contributed by atoms with van der Waals surface area (Å²) < 4.78 is 46.4. The smallest absolute Gasteiger partial charge is 0.236 e. The maximum Gasteiger partial charge on any atom is 0.236 e. The van der Waals surface area contributed by atoms with Gasteiger partial charge in [0.1, 0.15) is 11.4 Å². The van der Waals surface area contributed by atoms with Crippen molar-refractivity contribution in [2.45, 2.75) is 25.8 Å². The fourth-order valence-corrected chi connectivity index (χ4v) is 5.33. The van der Waals surface area contributed by atoms with Gasteiger partial charge in [-0.3, -0.25) is 4.79 Å². The predicted molar refractivity (Wildman–Crippen MR) is 162 cm³/mol. The number of hydrogen-bond donors (Lipinski definition) is 3. The van der Waals surface area contributed by atoms with Gasteiger partial charge >= 0.3 is 0 Å². The molecule has 43 heavy (non-hydrogen) atoms. The molecular formula is C31H34F2N6O4. The summed E-state index contributed by atoms with van der Waals surface area (Å²) in [6.07, 6.45) is 3.24. The second kappa shape index (κ2) is 11.6. The number of carbonyl (C=O) groups is 1. The predicted octanol–water partition coefficient (Wildman–Crippen LogP) is 5.40. The first-order chi connectivity index (χ1) is 20.8. The number of furan rings is 1. The number of nitrogens with two attached hydrogens (primary N) is 1. The van der Waals surface area contributed by atoms with Crippen molar-refractivity contribution in [1.29, 1.82) is 0 Å². The number of anilines is 5. The minimum atomic E-state index is -1.14. The Morgan fingerprint density at radius 1 is 1.07 bits per heavy atom. The highest BCUT2D eigenvalue weighted by molar-refractivity contribution is 6.15. The van der Waals surface area contributed by atoms with E-state index in [9.17, 15) is 4.79 Å². The molecule has 0 atom stereocenters. The molecule has 0 spiro atoms. The molecule has 2 aliphatic rings. The van der Waals surface area contributed by atoms with Gasteiger partial charge in [-0.1, -0.05) is 6.92 Å². The van der Waals surface area contributed by atoms with Gasteiger partial charge in [0.05, 0.1) is 37.5 Å². The van der Waals surface area contributed by atoms with Gasteiger partial charge in [0.2, 0.25) is 5.78 Å². The van der Waals surface area contributed by atoms with Crippen LogP contribution in [-0.4, -0.2) is 68.7 Å². The first kappa shape index (κ1) is 28.5. The van der Waals surface area contributed by atoms with Crippen LogP contribution < -0.4 is 30.7 Å². The van der Waals surface area contributed by atoms with Gasteiger partial charge < -0.3 is 40.1 Å². The number of pyridine rings is 1. The number of benzene rings is 2. The largest absolute Gasteiger partial charge is 0.494 e. The molecule has 1 saturated heterocycles. The molecule has 2 aromatic carbocycles. The standard InChI is InChI=1S/C31H34F2N6O4/c1-4-38-9-11-39(12-10-38)18-7-8-21(20(34)13-18)37-25-14-19-24(16-35-25)43-31(29(19)36-17-5-6-17)30(40)26-27(32)22(41-2)15-23(42-3)28(26)33/h7-8,13-17,36H,4-6,9-12,34H2,1-3H3,(H,35,37). The van der Waals surface area contributed by atoms with Crippen LogP contribution in [0.4, 0.5) is 37.3 Å². The van der Waals surface area contributed by atoms with Crippen molar-refractivity contribution >= 4 is 45.3 Å². The summed E-state index contributed by atoms with van der Waals surface area (Å²) in [5, 5.41) is 7.09. The number of nitrogen functional groups attached to an aromatic ring is 1. The summed E-state index contributed by atoms with van der Waals surface area (Å²) in [4.78, 5) is 22.8. The van der Waals surface area contributed by atoms with Crippen molar-refractivity contribution < 1.29 is 27.5 Å². The molecule has 2 aromatic heterocycles. The lowest BCUT2D eigenvalue weighted by molar-refractivity contribution is 0.100. The molecule has 2 fully saturated rings. The number of fused-ring (bicyclic) bond motifs is 1. The van der Waals surface area contributed by atoms with Crippen molar-refractivity contribution in [3.8, 4) is 11.5 Å². The number of rotatable bonds is 10. The minimum absolute atomic E-state index is 0.105. The third kappa shape index (κ3) is 5.50. The van der Waals surface area contributed by atoms with Crippen LogP contribution in [0.25, 0.3) is 11.0 Å². The van der Waals surface area contributed by atoms with E-state index in [2.05, 4.69) is 32.3 Å². The van der Waals surface area contributed by atoms with Gasteiger partial charge in [0, 0.05) is 49.4 Å². The Hall–Kier alpha value is -4.58. The Morgan fingerprint density at radius 3 is 2.37 bits per heavy atom. The fourth-order valence-electron chi connectivity index (χ4n) is 5.33. The quantitative estimate of drug-likeness (QED) is 0.163. The van der Waals surface area contributed by atoms with Crippen LogP contribution in [-0.2, 0) is 0 Å². The summed E-state index contributed by atoms with van der Waals surface area (Å²) in [5.41, 5.74) is 8.52. The van der Waals surface area contributed by atoms with Crippen molar-refractivity contribution in [2.75, 3.05) is 68.2 Å². The molecule has 4 aromatic rings. The monoisotopic (exact) mass is 592 g/mol. The van der Waals surface area contributed by atoms with Crippen molar-refractivity contribution in [3.05, 3.63) is 59.5 Å². The number of piperazine rings is 1. The highest BCUT2D eigenvalue weighted by atomic mass is 19.1. The summed E-state index contributed by atoms with van der Waals surface area (Å²) in [5.74, 6) is -3.70. The highest BCUT2D eigenvalue weighted by Gasteiger charge is 2.33. The Labute approximate surface area is 247 Å². The number of ether oxygens (including phenoxy) is 2. The first-order valence-electron chi connectivity index (χ1n) is 14.3. The third-order valence-corrected chi connectivity index (χ3v) is 7.99. The zero-order valence-electron chi connectivity index (χ0n) is 24.3. The lowest BCUT2D eigenvalue weighted by Gasteiger charge is -2.35. The number of aromatic nitrogens is 1. The van der Waals surface area contributed by atoms with Crippen LogP contribution in [0.1, 0.15) is 35.9 Å². The lowest BCUT2D eigenvalue weighted by atomic mass is 10.0. The number of nitrogens with zero attached hydrogens (tertiary/aromatic N) is 3. The van der Waals surface area contributed by atoms with Crippen LogP contribution in [0.5, 0.6) is 11.5 Å². The normalized spacial score (nSPS) is 15.5. The fraction of sp³-hybridized carbons (Fsp3) is 0.355. The molecule has 1 aliphatic carbocycles. The Balaban J connectivity index is 1.32. The number of likely N-dealkylation sites (N-methyl/N-ethyl adjacent to an activating group) is 1. The molecule has 10 nitrogen and oxygen atoms in total. The summed E-state index contributed by atoms with van der Waals surface area (Å²) in [6.45, 7) is 7.11. The van der Waals surface area contributed by atoms with Crippen LogP contribution >= 0.6 is 0 Å². The van der Waals surface area contributed by atoms with Crippen LogP contribution in [0, 0.1) is 11.6 Å². The van der Waals surface area contributed by atoms with Gasteiger partial charge in [-0.05, 0) is 43.7 Å². The van der Waals surface area contributed by atoms with Crippen molar-refractivity contribution in [3.63, 3.8) is 0 Å². The van der Waals surface area contributed by atoms with E-state index >= 15 is 8.78 Å². The van der Waals surface area contributed by atoms with E-state index in [-0.39, 0.29) is 28.9 Å². The number of methoxy groups -OCH3 is 2. The number of nitrogens with one attached hydrogen (secondary N) is 2. The molecule has 0 unspecified atom stereocenters. The van der Waals surface area contributed by atoms with Crippen molar-refractivity contribution in [2.24, 2.45) is 0 Å². The zero-order chi connectivity index (χ0) is 30.2. The molecule has 0 amide bonds. The number of carbonyl (C=O) groups excluding carboxylic acids is 1. The topological polar surface area (TPSA) is 118 Å².